The van der Waals surface area contributed by atoms with Gasteiger partial charge in [0, 0.05) is 25.9 Å². The largest absolute Gasteiger partial charge is 0.480 e. The number of hydrogen-bond acceptors (Lipinski definition) is 3. The second kappa shape index (κ2) is 10.9. The summed E-state index contributed by atoms with van der Waals surface area (Å²) in [5.74, 6) is -1.42. The van der Waals surface area contributed by atoms with Crippen LogP contribution in [0.1, 0.15) is 42.5 Å². The number of carbonyl (C=O) groups excluding carboxylic acids is 1. The molecule has 1 aromatic carbocycles. The highest BCUT2D eigenvalue weighted by atomic mass is 28.3. The van der Waals surface area contributed by atoms with Gasteiger partial charge in [-0.05, 0) is 30.7 Å². The molecular formula is C19H32N2O3Si. The van der Waals surface area contributed by atoms with E-state index in [-0.39, 0.29) is 12.5 Å². The molecule has 0 atom stereocenters. The maximum Gasteiger partial charge on any atom is 0.322 e. The molecule has 3 N–H and O–H groups in total. The van der Waals surface area contributed by atoms with Crippen LogP contribution in [-0.4, -0.2) is 38.1 Å². The van der Waals surface area contributed by atoms with Gasteiger partial charge >= 0.3 is 5.97 Å². The van der Waals surface area contributed by atoms with Gasteiger partial charge in [-0.1, -0.05) is 51.4 Å². The van der Waals surface area contributed by atoms with Gasteiger partial charge in [-0.25, -0.2) is 0 Å². The Labute approximate surface area is 152 Å². The molecule has 0 radical (unpaired) electrons. The third-order valence-electron chi connectivity index (χ3n) is 3.98. The second-order valence-electron chi connectivity index (χ2n) is 7.66. The predicted octanol–water partition coefficient (Wildman–Crippen LogP) is 4.20. The summed E-state index contributed by atoms with van der Waals surface area (Å²) >= 11 is 0. The summed E-state index contributed by atoms with van der Waals surface area (Å²) in [5, 5.41) is 14.3. The van der Waals surface area contributed by atoms with E-state index in [0.29, 0.717) is 5.56 Å². The summed E-state index contributed by atoms with van der Waals surface area (Å²) < 4.78 is 0. The lowest BCUT2D eigenvalue weighted by Crippen LogP contribution is -2.29. The summed E-state index contributed by atoms with van der Waals surface area (Å²) in [6.45, 7) is 7.85. The van der Waals surface area contributed by atoms with E-state index in [2.05, 4.69) is 30.3 Å². The van der Waals surface area contributed by atoms with Crippen LogP contribution in [0, 0.1) is 0 Å². The molecule has 6 heteroatoms. The topological polar surface area (TPSA) is 78.4 Å². The van der Waals surface area contributed by atoms with Crippen molar-refractivity contribution in [3.63, 3.8) is 0 Å². The lowest BCUT2D eigenvalue weighted by atomic mass is 10.1. The van der Waals surface area contributed by atoms with Crippen molar-refractivity contribution in [3.8, 4) is 0 Å². The number of carboxylic acids is 1. The zero-order valence-corrected chi connectivity index (χ0v) is 16.7. The molecule has 25 heavy (non-hydrogen) atoms. The number of carbonyl (C=O) groups is 2. The van der Waals surface area contributed by atoms with Gasteiger partial charge in [-0.15, -0.1) is 0 Å². The van der Waals surface area contributed by atoms with E-state index < -0.39 is 14.0 Å². The van der Waals surface area contributed by atoms with E-state index in [1.54, 1.807) is 12.1 Å². The third kappa shape index (κ3) is 10.6. The number of anilines is 1. The van der Waals surface area contributed by atoms with Gasteiger partial charge < -0.3 is 15.7 Å². The van der Waals surface area contributed by atoms with E-state index in [1.807, 2.05) is 12.1 Å². The van der Waals surface area contributed by atoms with Crippen molar-refractivity contribution in [2.45, 2.75) is 57.8 Å². The molecule has 0 unspecified atom stereocenters. The van der Waals surface area contributed by atoms with Crippen molar-refractivity contribution in [2.24, 2.45) is 0 Å². The predicted molar refractivity (Wildman–Crippen MR) is 106 cm³/mol. The Morgan fingerprint density at radius 1 is 0.960 bits per heavy atom. The Kier molecular flexibility index (Phi) is 9.27. The van der Waals surface area contributed by atoms with Crippen molar-refractivity contribution >= 4 is 25.6 Å². The molecule has 0 bridgehead atoms. The van der Waals surface area contributed by atoms with Crippen molar-refractivity contribution in [2.75, 3.05) is 18.4 Å². The molecule has 1 aromatic rings. The average molecular weight is 365 g/mol. The van der Waals surface area contributed by atoms with Gasteiger partial charge in [-0.2, -0.15) is 0 Å². The second-order valence-corrected chi connectivity index (χ2v) is 13.3. The highest BCUT2D eigenvalue weighted by Gasteiger charge is 2.11. The zero-order valence-electron chi connectivity index (χ0n) is 15.7. The number of unbranched alkanes of at least 4 members (excludes halogenated alkanes) is 4. The lowest BCUT2D eigenvalue weighted by molar-refractivity contribution is -0.135. The molecule has 0 heterocycles. The number of carboxylic acid groups (broad SMARTS) is 1. The van der Waals surface area contributed by atoms with Crippen molar-refractivity contribution < 1.29 is 14.7 Å². The van der Waals surface area contributed by atoms with Crippen LogP contribution in [0.15, 0.2) is 24.3 Å². The van der Waals surface area contributed by atoms with E-state index in [4.69, 9.17) is 5.11 Å². The molecule has 1 rings (SSSR count). The van der Waals surface area contributed by atoms with Gasteiger partial charge in [0.15, 0.2) is 0 Å². The minimum Gasteiger partial charge on any atom is -0.480 e. The monoisotopic (exact) mass is 364 g/mol. The van der Waals surface area contributed by atoms with Crippen LogP contribution < -0.4 is 10.6 Å². The number of rotatable bonds is 12. The molecule has 140 valence electrons. The van der Waals surface area contributed by atoms with Crippen molar-refractivity contribution in [3.05, 3.63) is 29.8 Å². The average Bonchev–Trinajstić information content (AvgIpc) is 2.54. The van der Waals surface area contributed by atoms with Gasteiger partial charge in [-0.3, -0.25) is 9.59 Å². The Balaban J connectivity index is 2.15. The Morgan fingerprint density at radius 2 is 1.56 bits per heavy atom. The fraction of sp³-hybridized carbons (Fsp3) is 0.579. The first-order valence-electron chi connectivity index (χ1n) is 9.12. The van der Waals surface area contributed by atoms with Crippen LogP contribution in [0.2, 0.25) is 25.7 Å². The van der Waals surface area contributed by atoms with E-state index >= 15 is 0 Å². The molecule has 0 aromatic heterocycles. The summed E-state index contributed by atoms with van der Waals surface area (Å²) in [7, 11) is -0.870. The van der Waals surface area contributed by atoms with Crippen LogP contribution in [0.3, 0.4) is 0 Å². The fourth-order valence-electron chi connectivity index (χ4n) is 2.54. The van der Waals surface area contributed by atoms with Crippen molar-refractivity contribution in [1.29, 1.82) is 0 Å². The molecule has 1 amide bonds. The Hall–Kier alpha value is -1.82. The van der Waals surface area contributed by atoms with Gasteiger partial charge in [0.2, 0.25) is 0 Å². The van der Waals surface area contributed by atoms with Crippen LogP contribution >= 0.6 is 0 Å². The van der Waals surface area contributed by atoms with Crippen LogP contribution in [0.5, 0.6) is 0 Å². The summed E-state index contributed by atoms with van der Waals surface area (Å²) in [4.78, 5) is 22.2. The smallest absolute Gasteiger partial charge is 0.322 e. The fourth-order valence-corrected chi connectivity index (χ4v) is 3.85. The standard InChI is InChI=1S/C19H32N2O3Si/c1-25(2,3)14-8-6-4-5-7-13-20-17-11-9-16(10-12-17)19(24)21-15-18(22)23/h9-12,20H,4-8,13-15H2,1-3H3,(H,21,24)(H,22,23). The first-order valence-corrected chi connectivity index (χ1v) is 12.8. The first-order chi connectivity index (χ1) is 11.8. The normalized spacial score (nSPS) is 11.2. The number of nitrogens with one attached hydrogen (secondary N) is 2. The minimum atomic E-state index is -1.05. The first kappa shape index (κ1) is 21.2. The highest BCUT2D eigenvalue weighted by Crippen LogP contribution is 2.15. The van der Waals surface area contributed by atoms with E-state index in [1.165, 1.54) is 31.7 Å². The molecule has 0 aliphatic heterocycles. The quantitative estimate of drug-likeness (QED) is 0.384. The Morgan fingerprint density at radius 3 is 2.16 bits per heavy atom. The molecule has 0 spiro atoms. The van der Waals surface area contributed by atoms with Crippen LogP contribution in [0.4, 0.5) is 5.69 Å². The molecule has 0 fully saturated rings. The molecule has 0 aliphatic rings. The minimum absolute atomic E-state index is 0.364. The lowest BCUT2D eigenvalue weighted by Gasteiger charge is -2.14. The van der Waals surface area contributed by atoms with Gasteiger partial charge in [0.1, 0.15) is 6.54 Å². The van der Waals surface area contributed by atoms with Crippen molar-refractivity contribution in [1.82, 2.24) is 5.32 Å². The molecule has 0 saturated carbocycles. The summed E-state index contributed by atoms with van der Waals surface area (Å²) in [6, 6.07) is 8.54. The maximum absolute atomic E-state index is 11.7. The van der Waals surface area contributed by atoms with Gasteiger partial charge in [0.05, 0.1) is 0 Å². The zero-order chi connectivity index (χ0) is 18.7. The number of aliphatic carboxylic acids is 1. The molecule has 0 saturated heterocycles. The number of amides is 1. The molecular weight excluding hydrogens is 332 g/mol. The Bertz CT molecular complexity index is 539. The van der Waals surface area contributed by atoms with E-state index in [9.17, 15) is 9.59 Å². The van der Waals surface area contributed by atoms with Crippen LogP contribution in [-0.2, 0) is 4.79 Å². The summed E-state index contributed by atoms with van der Waals surface area (Å²) in [6.07, 6.45) is 6.40. The molecule has 0 aliphatic carbocycles. The molecule has 5 nitrogen and oxygen atoms in total. The van der Waals surface area contributed by atoms with E-state index in [0.717, 1.165) is 18.7 Å². The summed E-state index contributed by atoms with van der Waals surface area (Å²) in [5.41, 5.74) is 1.45. The number of benzene rings is 1. The van der Waals surface area contributed by atoms with Gasteiger partial charge in [0.25, 0.3) is 5.91 Å². The highest BCUT2D eigenvalue weighted by molar-refractivity contribution is 6.76. The SMILES string of the molecule is C[Si](C)(C)CCCCCCCNc1ccc(C(=O)NCC(=O)O)cc1. The van der Waals surface area contributed by atoms with Crippen LogP contribution in [0.25, 0.3) is 0 Å². The third-order valence-corrected chi connectivity index (χ3v) is 5.83. The maximum atomic E-state index is 11.7. The number of hydrogen-bond donors (Lipinski definition) is 3.